The SMILES string of the molecule is CC(=O)OC1CCC2C3CCC4(C)C(C(C)CCCC(C)C)CCC4C3CC(OC(C)=O)C2(C)C1. The van der Waals surface area contributed by atoms with Crippen LogP contribution in [-0.2, 0) is 19.1 Å². The summed E-state index contributed by atoms with van der Waals surface area (Å²) in [6, 6.07) is 0. The Morgan fingerprint density at radius 3 is 2.14 bits per heavy atom. The highest BCUT2D eigenvalue weighted by atomic mass is 16.5. The first-order valence-electron chi connectivity index (χ1n) is 14.8. The number of hydrogen-bond donors (Lipinski definition) is 0. The van der Waals surface area contributed by atoms with Crippen LogP contribution in [0.5, 0.6) is 0 Å². The molecule has 0 saturated heterocycles. The van der Waals surface area contributed by atoms with Gasteiger partial charge in [-0.15, -0.1) is 0 Å². The smallest absolute Gasteiger partial charge is 0.302 e. The Bertz CT molecular complexity index is 776. The zero-order valence-corrected chi connectivity index (χ0v) is 23.6. The molecule has 0 heterocycles. The van der Waals surface area contributed by atoms with E-state index in [0.29, 0.717) is 17.3 Å². The molecule has 4 saturated carbocycles. The number of carbonyl (C=O) groups excluding carboxylic acids is 2. The van der Waals surface area contributed by atoms with Crippen LogP contribution in [0.25, 0.3) is 0 Å². The van der Waals surface area contributed by atoms with Crippen molar-refractivity contribution in [3.8, 4) is 0 Å². The first-order valence-corrected chi connectivity index (χ1v) is 14.8. The predicted octanol–water partition coefficient (Wildman–Crippen LogP) is 7.58. The molecule has 0 radical (unpaired) electrons. The van der Waals surface area contributed by atoms with Gasteiger partial charge in [-0.25, -0.2) is 0 Å². The third-order valence-electron chi connectivity index (χ3n) is 11.4. The molecule has 0 spiro atoms. The van der Waals surface area contributed by atoms with E-state index in [1.54, 1.807) is 6.92 Å². The predicted molar refractivity (Wildman–Crippen MR) is 140 cm³/mol. The number of rotatable bonds is 7. The highest BCUT2D eigenvalue weighted by Crippen LogP contribution is 2.68. The van der Waals surface area contributed by atoms with E-state index in [2.05, 4.69) is 34.6 Å². The molecule has 4 aliphatic carbocycles. The normalized spacial score (nSPS) is 43.6. The Kier molecular flexibility index (Phi) is 7.99. The minimum atomic E-state index is -0.192. The highest BCUT2D eigenvalue weighted by molar-refractivity contribution is 5.66. The lowest BCUT2D eigenvalue weighted by atomic mass is 9.45. The molecule has 4 heteroatoms. The Balaban J connectivity index is 1.54. The van der Waals surface area contributed by atoms with Gasteiger partial charge in [-0.1, -0.05) is 53.9 Å². The zero-order chi connectivity index (χ0) is 25.5. The maximum Gasteiger partial charge on any atom is 0.302 e. The summed E-state index contributed by atoms with van der Waals surface area (Å²) in [7, 11) is 0. The standard InChI is InChI=1S/C31H52O4/c1-19(2)9-8-10-20(3)26-13-14-28-25-17-29(35-22(5)33)31(7)18-23(34-21(4)32)11-12-27(31)24(25)15-16-30(26,28)6/h19-20,23-29H,8-18H2,1-7H3. The van der Waals surface area contributed by atoms with E-state index in [1.807, 2.05) is 0 Å². The van der Waals surface area contributed by atoms with Crippen LogP contribution in [0.1, 0.15) is 119 Å². The Labute approximate surface area is 214 Å². The number of hydrogen-bond acceptors (Lipinski definition) is 4. The topological polar surface area (TPSA) is 52.6 Å². The van der Waals surface area contributed by atoms with E-state index in [0.717, 1.165) is 55.3 Å². The molecule has 0 bridgehead atoms. The molecule has 0 aliphatic heterocycles. The van der Waals surface area contributed by atoms with E-state index < -0.39 is 0 Å². The van der Waals surface area contributed by atoms with Gasteiger partial charge >= 0.3 is 11.9 Å². The summed E-state index contributed by atoms with van der Waals surface area (Å²) in [5.41, 5.74) is 0.336. The van der Waals surface area contributed by atoms with Gasteiger partial charge in [-0.3, -0.25) is 9.59 Å². The van der Waals surface area contributed by atoms with Crippen LogP contribution in [-0.4, -0.2) is 24.1 Å². The van der Waals surface area contributed by atoms with Crippen molar-refractivity contribution in [2.24, 2.45) is 52.3 Å². The largest absolute Gasteiger partial charge is 0.463 e. The minimum absolute atomic E-state index is 0.0419. The van der Waals surface area contributed by atoms with Gasteiger partial charge in [0.05, 0.1) is 0 Å². The van der Waals surface area contributed by atoms with E-state index in [9.17, 15) is 9.59 Å². The summed E-state index contributed by atoms with van der Waals surface area (Å²) >= 11 is 0. The molecule has 0 N–H and O–H groups in total. The minimum Gasteiger partial charge on any atom is -0.463 e. The Morgan fingerprint density at radius 1 is 0.829 bits per heavy atom. The molecular weight excluding hydrogens is 436 g/mol. The van der Waals surface area contributed by atoms with E-state index in [1.165, 1.54) is 51.9 Å². The lowest BCUT2D eigenvalue weighted by Gasteiger charge is -2.62. The van der Waals surface area contributed by atoms with Crippen LogP contribution in [0.4, 0.5) is 0 Å². The Hall–Kier alpha value is -1.06. The summed E-state index contributed by atoms with van der Waals surface area (Å²) in [5.74, 6) is 4.78. The number of carbonyl (C=O) groups is 2. The molecule has 4 nitrogen and oxygen atoms in total. The van der Waals surface area contributed by atoms with Crippen LogP contribution in [0.2, 0.25) is 0 Å². The molecule has 4 aliphatic rings. The van der Waals surface area contributed by atoms with Crippen LogP contribution >= 0.6 is 0 Å². The van der Waals surface area contributed by atoms with Crippen molar-refractivity contribution in [2.75, 3.05) is 0 Å². The van der Waals surface area contributed by atoms with E-state index in [4.69, 9.17) is 9.47 Å². The molecule has 35 heavy (non-hydrogen) atoms. The summed E-state index contributed by atoms with van der Waals surface area (Å²) in [6.45, 7) is 15.2. The molecule has 200 valence electrons. The van der Waals surface area contributed by atoms with E-state index in [-0.39, 0.29) is 29.6 Å². The van der Waals surface area contributed by atoms with Gasteiger partial charge in [-0.2, -0.15) is 0 Å². The van der Waals surface area contributed by atoms with Gasteiger partial charge < -0.3 is 9.47 Å². The third-order valence-corrected chi connectivity index (χ3v) is 11.4. The highest BCUT2D eigenvalue weighted by Gasteiger charge is 2.63. The van der Waals surface area contributed by atoms with Gasteiger partial charge in [0.25, 0.3) is 0 Å². The first kappa shape index (κ1) is 27.0. The molecule has 0 aromatic carbocycles. The van der Waals surface area contributed by atoms with Crippen molar-refractivity contribution < 1.29 is 19.1 Å². The number of ether oxygens (including phenoxy) is 2. The Morgan fingerprint density at radius 2 is 1.49 bits per heavy atom. The monoisotopic (exact) mass is 488 g/mol. The zero-order valence-electron chi connectivity index (χ0n) is 23.6. The van der Waals surface area contributed by atoms with Gasteiger partial charge in [0.2, 0.25) is 0 Å². The second kappa shape index (κ2) is 10.4. The molecule has 4 fully saturated rings. The van der Waals surface area contributed by atoms with Crippen molar-refractivity contribution in [2.45, 2.75) is 131 Å². The van der Waals surface area contributed by atoms with Gasteiger partial charge in [0.15, 0.2) is 0 Å². The van der Waals surface area contributed by atoms with Gasteiger partial charge in [-0.05, 0) is 98.2 Å². The quantitative estimate of drug-likeness (QED) is 0.347. The molecule has 0 amide bonds. The molecular formula is C31H52O4. The number of esters is 2. The van der Waals surface area contributed by atoms with Crippen molar-refractivity contribution in [1.29, 1.82) is 0 Å². The van der Waals surface area contributed by atoms with Crippen LogP contribution in [0.15, 0.2) is 0 Å². The average Bonchev–Trinajstić information content (AvgIpc) is 3.10. The van der Waals surface area contributed by atoms with E-state index >= 15 is 0 Å². The van der Waals surface area contributed by atoms with Crippen LogP contribution in [0.3, 0.4) is 0 Å². The number of fused-ring (bicyclic) bond motifs is 5. The lowest BCUT2D eigenvalue weighted by molar-refractivity contribution is -0.200. The van der Waals surface area contributed by atoms with Gasteiger partial charge in [0, 0.05) is 19.3 Å². The fourth-order valence-electron chi connectivity index (χ4n) is 9.93. The second-order valence-electron chi connectivity index (χ2n) is 13.9. The molecule has 0 aromatic rings. The maximum absolute atomic E-state index is 12.2. The van der Waals surface area contributed by atoms with Crippen molar-refractivity contribution >= 4 is 11.9 Å². The van der Waals surface area contributed by atoms with Crippen molar-refractivity contribution in [3.05, 3.63) is 0 Å². The van der Waals surface area contributed by atoms with Crippen molar-refractivity contribution in [3.63, 3.8) is 0 Å². The summed E-state index contributed by atoms with van der Waals surface area (Å²) < 4.78 is 11.8. The molecule has 10 atom stereocenters. The summed E-state index contributed by atoms with van der Waals surface area (Å²) in [5, 5.41) is 0. The average molecular weight is 489 g/mol. The summed E-state index contributed by atoms with van der Waals surface area (Å²) in [4.78, 5) is 23.9. The molecule has 10 unspecified atom stereocenters. The maximum atomic E-state index is 12.2. The van der Waals surface area contributed by atoms with Crippen LogP contribution < -0.4 is 0 Å². The van der Waals surface area contributed by atoms with Gasteiger partial charge in [0.1, 0.15) is 12.2 Å². The fourth-order valence-corrected chi connectivity index (χ4v) is 9.93. The van der Waals surface area contributed by atoms with Crippen LogP contribution in [0, 0.1) is 52.3 Å². The van der Waals surface area contributed by atoms with Crippen molar-refractivity contribution in [1.82, 2.24) is 0 Å². The summed E-state index contributed by atoms with van der Waals surface area (Å²) in [6.07, 6.45) is 13.2. The first-order chi connectivity index (χ1) is 16.5. The fraction of sp³-hybridized carbons (Fsp3) is 0.935. The second-order valence-corrected chi connectivity index (χ2v) is 13.9. The lowest BCUT2D eigenvalue weighted by Crippen LogP contribution is -2.59. The molecule has 0 aromatic heterocycles. The molecule has 4 rings (SSSR count). The third kappa shape index (κ3) is 5.19.